The van der Waals surface area contributed by atoms with Gasteiger partial charge in [-0.15, -0.1) is 0 Å². The van der Waals surface area contributed by atoms with Gasteiger partial charge in [-0.05, 0) is 37.1 Å². The zero-order chi connectivity index (χ0) is 15.5. The predicted octanol–water partition coefficient (Wildman–Crippen LogP) is 1.86. The number of nitrogens with one attached hydrogen (secondary N) is 1. The van der Waals surface area contributed by atoms with Gasteiger partial charge in [-0.3, -0.25) is 9.10 Å². The second kappa shape index (κ2) is 6.26. The van der Waals surface area contributed by atoms with Crippen LogP contribution in [0.25, 0.3) is 0 Å². The molecule has 1 aromatic rings. The Morgan fingerprint density at radius 3 is 2.05 bits per heavy atom. The Hall–Kier alpha value is -1.56. The molecule has 0 saturated carbocycles. The number of amides is 1. The summed E-state index contributed by atoms with van der Waals surface area (Å²) in [6.07, 6.45) is 1.14. The number of benzene rings is 1. The number of hydrogen-bond donors (Lipinski definition) is 1. The van der Waals surface area contributed by atoms with E-state index >= 15 is 0 Å². The first-order valence-corrected chi connectivity index (χ1v) is 8.32. The lowest BCUT2D eigenvalue weighted by molar-refractivity contribution is 0.0930. The van der Waals surface area contributed by atoms with Crippen LogP contribution < -0.4 is 9.62 Å². The van der Waals surface area contributed by atoms with E-state index < -0.39 is 10.0 Å². The summed E-state index contributed by atoms with van der Waals surface area (Å²) < 4.78 is 24.0. The SMILES string of the molecule is CC(C)[C@H](C)NC(=O)c1ccc(N(C)S(C)(=O)=O)cc1. The molecule has 0 spiro atoms. The fourth-order valence-corrected chi connectivity index (χ4v) is 1.98. The van der Waals surface area contributed by atoms with Crippen LogP contribution in [0.2, 0.25) is 0 Å². The molecule has 0 aromatic heterocycles. The van der Waals surface area contributed by atoms with Crippen LogP contribution in [0.15, 0.2) is 24.3 Å². The maximum absolute atomic E-state index is 12.0. The third-order valence-electron chi connectivity index (χ3n) is 3.35. The molecule has 0 aliphatic heterocycles. The predicted molar refractivity (Wildman–Crippen MR) is 81.5 cm³/mol. The molecule has 0 aliphatic carbocycles. The fourth-order valence-electron chi connectivity index (χ4n) is 1.47. The number of anilines is 1. The molecule has 5 nitrogen and oxygen atoms in total. The van der Waals surface area contributed by atoms with E-state index in [1.807, 2.05) is 20.8 Å². The largest absolute Gasteiger partial charge is 0.349 e. The molecule has 0 aliphatic rings. The molecule has 1 atom stereocenters. The average molecular weight is 298 g/mol. The monoisotopic (exact) mass is 298 g/mol. The van der Waals surface area contributed by atoms with Crippen molar-refractivity contribution in [2.75, 3.05) is 17.6 Å². The first kappa shape index (κ1) is 16.5. The summed E-state index contributed by atoms with van der Waals surface area (Å²) in [5, 5.41) is 2.90. The number of nitrogens with zero attached hydrogens (tertiary/aromatic N) is 1. The van der Waals surface area contributed by atoms with Gasteiger partial charge in [-0.2, -0.15) is 0 Å². The summed E-state index contributed by atoms with van der Waals surface area (Å²) in [6.45, 7) is 6.03. The van der Waals surface area contributed by atoms with Crippen molar-refractivity contribution in [3.8, 4) is 0 Å². The topological polar surface area (TPSA) is 66.5 Å². The minimum absolute atomic E-state index is 0.0841. The van der Waals surface area contributed by atoms with Crippen LogP contribution in [0.1, 0.15) is 31.1 Å². The summed E-state index contributed by atoms with van der Waals surface area (Å²) in [7, 11) is -1.81. The summed E-state index contributed by atoms with van der Waals surface area (Å²) in [5.41, 5.74) is 1.05. The summed E-state index contributed by atoms with van der Waals surface area (Å²) >= 11 is 0. The van der Waals surface area contributed by atoms with Gasteiger partial charge in [-0.25, -0.2) is 8.42 Å². The molecule has 1 rings (SSSR count). The highest BCUT2D eigenvalue weighted by atomic mass is 32.2. The van der Waals surface area contributed by atoms with Crippen LogP contribution in [0.4, 0.5) is 5.69 Å². The Kier molecular flexibility index (Phi) is 5.16. The van der Waals surface area contributed by atoms with Crippen LogP contribution in [-0.4, -0.2) is 33.7 Å². The minimum atomic E-state index is -3.29. The highest BCUT2D eigenvalue weighted by molar-refractivity contribution is 7.92. The molecule has 0 unspecified atom stereocenters. The Labute approximate surface area is 121 Å². The minimum Gasteiger partial charge on any atom is -0.349 e. The molecule has 0 bridgehead atoms. The van der Waals surface area contributed by atoms with Crippen LogP contribution in [0.5, 0.6) is 0 Å². The maximum atomic E-state index is 12.0. The molecule has 1 aromatic carbocycles. The lowest BCUT2D eigenvalue weighted by atomic mass is 10.1. The summed E-state index contributed by atoms with van der Waals surface area (Å²) in [5.74, 6) is 0.203. The lowest BCUT2D eigenvalue weighted by Gasteiger charge is -2.19. The molecule has 0 heterocycles. The van der Waals surface area contributed by atoms with Crippen molar-refractivity contribution >= 4 is 21.6 Å². The molecular formula is C14H22N2O3S. The van der Waals surface area contributed by atoms with Gasteiger partial charge >= 0.3 is 0 Å². The van der Waals surface area contributed by atoms with Crippen molar-refractivity contribution in [3.05, 3.63) is 29.8 Å². The molecule has 0 fully saturated rings. The Morgan fingerprint density at radius 1 is 1.15 bits per heavy atom. The molecule has 20 heavy (non-hydrogen) atoms. The number of carbonyl (C=O) groups is 1. The van der Waals surface area contributed by atoms with E-state index in [1.165, 1.54) is 11.4 Å². The molecule has 1 N–H and O–H groups in total. The first-order valence-electron chi connectivity index (χ1n) is 6.47. The highest BCUT2D eigenvalue weighted by Crippen LogP contribution is 2.16. The van der Waals surface area contributed by atoms with Gasteiger partial charge in [0, 0.05) is 18.7 Å². The van der Waals surface area contributed by atoms with Crippen molar-refractivity contribution in [2.45, 2.75) is 26.8 Å². The fraction of sp³-hybridized carbons (Fsp3) is 0.500. The molecule has 0 radical (unpaired) electrons. The zero-order valence-corrected chi connectivity index (χ0v) is 13.4. The zero-order valence-electron chi connectivity index (χ0n) is 12.5. The van der Waals surface area contributed by atoms with E-state index in [2.05, 4.69) is 5.32 Å². The van der Waals surface area contributed by atoms with Crippen LogP contribution >= 0.6 is 0 Å². The first-order chi connectivity index (χ1) is 9.12. The normalized spacial score (nSPS) is 13.1. The van der Waals surface area contributed by atoms with Crippen molar-refractivity contribution in [1.82, 2.24) is 5.32 Å². The number of sulfonamides is 1. The van der Waals surface area contributed by atoms with E-state index in [0.717, 1.165) is 6.26 Å². The van der Waals surface area contributed by atoms with Crippen LogP contribution in [0, 0.1) is 5.92 Å². The number of carbonyl (C=O) groups excluding carboxylic acids is 1. The van der Waals surface area contributed by atoms with E-state index in [4.69, 9.17) is 0 Å². The van der Waals surface area contributed by atoms with Gasteiger partial charge in [0.1, 0.15) is 0 Å². The molecule has 0 saturated heterocycles. The van der Waals surface area contributed by atoms with Crippen molar-refractivity contribution in [2.24, 2.45) is 5.92 Å². The molecule has 6 heteroatoms. The van der Waals surface area contributed by atoms with Gasteiger partial charge in [0.2, 0.25) is 10.0 Å². The second-order valence-corrected chi connectivity index (χ2v) is 7.30. The van der Waals surface area contributed by atoms with Gasteiger partial charge in [0.05, 0.1) is 11.9 Å². The van der Waals surface area contributed by atoms with Crippen molar-refractivity contribution in [1.29, 1.82) is 0 Å². The third-order valence-corrected chi connectivity index (χ3v) is 4.56. The summed E-state index contributed by atoms with van der Waals surface area (Å²) in [6, 6.07) is 6.58. The van der Waals surface area contributed by atoms with Crippen molar-refractivity contribution < 1.29 is 13.2 Å². The maximum Gasteiger partial charge on any atom is 0.251 e. The standard InChI is InChI=1S/C14H22N2O3S/c1-10(2)11(3)15-14(17)12-6-8-13(9-7-12)16(4)20(5,18)19/h6-11H,1-5H3,(H,15,17)/t11-/m0/s1. The Morgan fingerprint density at radius 2 is 1.65 bits per heavy atom. The number of rotatable bonds is 5. The average Bonchev–Trinajstić information content (AvgIpc) is 2.36. The highest BCUT2D eigenvalue weighted by Gasteiger charge is 2.14. The smallest absolute Gasteiger partial charge is 0.251 e. The molecular weight excluding hydrogens is 276 g/mol. The van der Waals surface area contributed by atoms with E-state index in [1.54, 1.807) is 24.3 Å². The Bertz CT molecular complexity index is 565. The van der Waals surface area contributed by atoms with Gasteiger partial charge in [0.25, 0.3) is 5.91 Å². The van der Waals surface area contributed by atoms with Gasteiger partial charge in [0.15, 0.2) is 0 Å². The van der Waals surface area contributed by atoms with Crippen LogP contribution in [-0.2, 0) is 10.0 Å². The van der Waals surface area contributed by atoms with Crippen molar-refractivity contribution in [3.63, 3.8) is 0 Å². The molecule has 1 amide bonds. The van der Waals surface area contributed by atoms with Crippen LogP contribution in [0.3, 0.4) is 0 Å². The second-order valence-electron chi connectivity index (χ2n) is 5.28. The van der Waals surface area contributed by atoms with Gasteiger partial charge in [-0.1, -0.05) is 13.8 Å². The van der Waals surface area contributed by atoms with E-state index in [-0.39, 0.29) is 11.9 Å². The Balaban J connectivity index is 2.84. The third kappa shape index (κ3) is 4.23. The summed E-state index contributed by atoms with van der Waals surface area (Å²) in [4.78, 5) is 12.0. The van der Waals surface area contributed by atoms with E-state index in [9.17, 15) is 13.2 Å². The molecule has 112 valence electrons. The van der Waals surface area contributed by atoms with Gasteiger partial charge < -0.3 is 5.32 Å². The number of hydrogen-bond acceptors (Lipinski definition) is 3. The van der Waals surface area contributed by atoms with E-state index in [0.29, 0.717) is 17.2 Å². The lowest BCUT2D eigenvalue weighted by Crippen LogP contribution is -2.36. The quantitative estimate of drug-likeness (QED) is 0.902.